The van der Waals surface area contributed by atoms with Crippen LogP contribution in [0.5, 0.6) is 0 Å². The van der Waals surface area contributed by atoms with E-state index in [0.29, 0.717) is 36.8 Å². The lowest BCUT2D eigenvalue weighted by Crippen LogP contribution is -2.50. The van der Waals surface area contributed by atoms with Crippen LogP contribution in [0.15, 0.2) is 59.1 Å². The number of amides is 2. The molecule has 4 nitrogen and oxygen atoms in total. The van der Waals surface area contributed by atoms with Gasteiger partial charge in [-0.15, -0.1) is 0 Å². The van der Waals surface area contributed by atoms with E-state index < -0.39 is 0 Å². The number of nitrogens with zero attached hydrogens (tertiary/aromatic N) is 2. The summed E-state index contributed by atoms with van der Waals surface area (Å²) in [5, 5.41) is 0.606. The largest absolute Gasteiger partial charge is 0.336 e. The van der Waals surface area contributed by atoms with Crippen molar-refractivity contribution >= 4 is 45.4 Å². The average molecular weight is 434 g/mol. The first-order chi connectivity index (χ1) is 12.5. The first kappa shape index (κ1) is 18.7. The SMILES string of the molecule is O=C(/C=C/c1ccc(Br)cc1)N1CCN(C(=O)c2ccc(Cl)cc2)CC1. The molecule has 26 heavy (non-hydrogen) atoms. The van der Waals surface area contributed by atoms with Crippen molar-refractivity contribution in [1.82, 2.24) is 9.80 Å². The number of carbonyl (C=O) groups is 2. The van der Waals surface area contributed by atoms with Crippen molar-refractivity contribution in [3.8, 4) is 0 Å². The maximum atomic E-state index is 12.5. The normalized spacial score (nSPS) is 14.7. The van der Waals surface area contributed by atoms with E-state index in [1.165, 1.54) is 0 Å². The van der Waals surface area contributed by atoms with E-state index in [1.807, 2.05) is 24.3 Å². The topological polar surface area (TPSA) is 40.6 Å². The summed E-state index contributed by atoms with van der Waals surface area (Å²) in [6, 6.07) is 14.6. The van der Waals surface area contributed by atoms with Gasteiger partial charge in [-0.1, -0.05) is 39.7 Å². The Bertz CT molecular complexity index is 811. The zero-order chi connectivity index (χ0) is 18.5. The van der Waals surface area contributed by atoms with Crippen molar-refractivity contribution in [2.45, 2.75) is 0 Å². The Morgan fingerprint density at radius 1 is 0.885 bits per heavy atom. The van der Waals surface area contributed by atoms with Crippen LogP contribution < -0.4 is 0 Å². The predicted molar refractivity (Wildman–Crippen MR) is 107 cm³/mol. The van der Waals surface area contributed by atoms with Crippen molar-refractivity contribution in [3.63, 3.8) is 0 Å². The van der Waals surface area contributed by atoms with Crippen LogP contribution in [0.3, 0.4) is 0 Å². The summed E-state index contributed by atoms with van der Waals surface area (Å²) in [7, 11) is 0. The molecule has 3 rings (SSSR count). The molecule has 0 radical (unpaired) electrons. The minimum atomic E-state index is -0.0356. The second-order valence-corrected chi connectivity index (χ2v) is 7.36. The second kappa shape index (κ2) is 8.52. The molecule has 0 bridgehead atoms. The van der Waals surface area contributed by atoms with E-state index in [4.69, 9.17) is 11.6 Å². The van der Waals surface area contributed by atoms with Crippen LogP contribution in [-0.2, 0) is 4.79 Å². The third-order valence-electron chi connectivity index (χ3n) is 4.26. The van der Waals surface area contributed by atoms with Gasteiger partial charge in [0.05, 0.1) is 0 Å². The average Bonchev–Trinajstić information content (AvgIpc) is 2.67. The molecule has 1 aliphatic rings. The van der Waals surface area contributed by atoms with Crippen LogP contribution in [0.4, 0.5) is 0 Å². The highest BCUT2D eigenvalue weighted by Crippen LogP contribution is 2.14. The zero-order valence-corrected chi connectivity index (χ0v) is 16.4. The zero-order valence-electron chi connectivity index (χ0n) is 14.1. The van der Waals surface area contributed by atoms with Crippen molar-refractivity contribution in [2.75, 3.05) is 26.2 Å². The molecule has 0 unspecified atom stereocenters. The molecule has 6 heteroatoms. The fourth-order valence-electron chi connectivity index (χ4n) is 2.75. The van der Waals surface area contributed by atoms with E-state index in [-0.39, 0.29) is 11.8 Å². The lowest BCUT2D eigenvalue weighted by atomic mass is 10.1. The molecular weight excluding hydrogens is 416 g/mol. The Kier molecular flexibility index (Phi) is 6.12. The lowest BCUT2D eigenvalue weighted by molar-refractivity contribution is -0.127. The van der Waals surface area contributed by atoms with Gasteiger partial charge in [0.15, 0.2) is 0 Å². The Morgan fingerprint density at radius 3 is 2.08 bits per heavy atom. The van der Waals surface area contributed by atoms with E-state index in [0.717, 1.165) is 10.0 Å². The molecule has 2 aromatic carbocycles. The van der Waals surface area contributed by atoms with Gasteiger partial charge in [0, 0.05) is 47.3 Å². The number of piperazine rings is 1. The molecule has 0 spiro atoms. The molecular formula is C20H18BrClN2O2. The van der Waals surface area contributed by atoms with Crippen molar-refractivity contribution in [3.05, 3.63) is 75.2 Å². The molecule has 2 amide bonds. The van der Waals surface area contributed by atoms with Crippen LogP contribution >= 0.6 is 27.5 Å². The number of rotatable bonds is 3. The molecule has 2 aromatic rings. The quantitative estimate of drug-likeness (QED) is 0.684. The van der Waals surface area contributed by atoms with Crippen molar-refractivity contribution < 1.29 is 9.59 Å². The van der Waals surface area contributed by atoms with Gasteiger partial charge in [0.2, 0.25) is 5.91 Å². The number of hydrogen-bond acceptors (Lipinski definition) is 2. The maximum absolute atomic E-state index is 12.5. The van der Waals surface area contributed by atoms with Crippen LogP contribution in [0.25, 0.3) is 6.08 Å². The van der Waals surface area contributed by atoms with Gasteiger partial charge >= 0.3 is 0 Å². The fourth-order valence-corrected chi connectivity index (χ4v) is 3.14. The van der Waals surface area contributed by atoms with Crippen LogP contribution in [0.1, 0.15) is 15.9 Å². The van der Waals surface area contributed by atoms with Crippen molar-refractivity contribution in [2.24, 2.45) is 0 Å². The summed E-state index contributed by atoms with van der Waals surface area (Å²) in [5.74, 6) is -0.0642. The highest BCUT2D eigenvalue weighted by molar-refractivity contribution is 9.10. The number of carbonyl (C=O) groups excluding carboxylic acids is 2. The summed E-state index contributed by atoms with van der Waals surface area (Å²) >= 11 is 9.25. The maximum Gasteiger partial charge on any atom is 0.253 e. The van der Waals surface area contributed by atoms with Gasteiger partial charge in [0.25, 0.3) is 5.91 Å². The first-order valence-corrected chi connectivity index (χ1v) is 9.47. The molecule has 1 saturated heterocycles. The van der Waals surface area contributed by atoms with Gasteiger partial charge in [-0.05, 0) is 48.0 Å². The van der Waals surface area contributed by atoms with E-state index >= 15 is 0 Å². The van der Waals surface area contributed by atoms with E-state index in [2.05, 4.69) is 15.9 Å². The summed E-state index contributed by atoms with van der Waals surface area (Å²) in [5.41, 5.74) is 1.59. The molecule has 0 aromatic heterocycles. The van der Waals surface area contributed by atoms with Gasteiger partial charge in [0.1, 0.15) is 0 Å². The highest BCUT2D eigenvalue weighted by Gasteiger charge is 2.23. The Labute approximate surface area is 166 Å². The van der Waals surface area contributed by atoms with Gasteiger partial charge in [-0.2, -0.15) is 0 Å². The predicted octanol–water partition coefficient (Wildman–Crippen LogP) is 4.10. The molecule has 0 atom stereocenters. The molecule has 1 fully saturated rings. The van der Waals surface area contributed by atoms with Gasteiger partial charge in [-0.3, -0.25) is 9.59 Å². The van der Waals surface area contributed by atoms with Crippen LogP contribution in [-0.4, -0.2) is 47.8 Å². The van der Waals surface area contributed by atoms with Crippen LogP contribution in [0.2, 0.25) is 5.02 Å². The second-order valence-electron chi connectivity index (χ2n) is 6.01. The van der Waals surface area contributed by atoms with Crippen molar-refractivity contribution in [1.29, 1.82) is 0 Å². The molecule has 0 saturated carbocycles. The first-order valence-electron chi connectivity index (χ1n) is 8.30. The number of hydrogen-bond donors (Lipinski definition) is 0. The lowest BCUT2D eigenvalue weighted by Gasteiger charge is -2.34. The summed E-state index contributed by atoms with van der Waals surface area (Å²) in [6.07, 6.45) is 3.39. The van der Waals surface area contributed by atoms with E-state index in [9.17, 15) is 9.59 Å². The monoisotopic (exact) mass is 432 g/mol. The smallest absolute Gasteiger partial charge is 0.253 e. The fraction of sp³-hybridized carbons (Fsp3) is 0.200. The molecule has 1 aliphatic heterocycles. The minimum Gasteiger partial charge on any atom is -0.336 e. The van der Waals surface area contributed by atoms with Gasteiger partial charge < -0.3 is 9.80 Å². The highest BCUT2D eigenvalue weighted by atomic mass is 79.9. The Balaban J connectivity index is 1.54. The van der Waals surface area contributed by atoms with Gasteiger partial charge in [-0.25, -0.2) is 0 Å². The molecule has 0 N–H and O–H groups in total. The number of halogens is 2. The van der Waals surface area contributed by atoms with Crippen LogP contribution in [0, 0.1) is 0 Å². The Hall–Kier alpha value is -2.11. The summed E-state index contributed by atoms with van der Waals surface area (Å²) in [6.45, 7) is 2.12. The third kappa shape index (κ3) is 4.74. The molecule has 1 heterocycles. The summed E-state index contributed by atoms with van der Waals surface area (Å²) < 4.78 is 1.00. The number of benzene rings is 2. The third-order valence-corrected chi connectivity index (χ3v) is 5.04. The molecule has 0 aliphatic carbocycles. The minimum absolute atomic E-state index is 0.0285. The standard InChI is InChI=1S/C20H18BrClN2O2/c21-17-6-1-15(2-7-17)3-10-19(25)23-11-13-24(14-12-23)20(26)16-4-8-18(22)9-5-16/h1-10H,11-14H2/b10-3+. The molecule has 134 valence electrons. The van der Waals surface area contributed by atoms with E-state index in [1.54, 1.807) is 46.2 Å². The Morgan fingerprint density at radius 2 is 1.46 bits per heavy atom. The summed E-state index contributed by atoms with van der Waals surface area (Å²) in [4.78, 5) is 28.4.